The monoisotopic (exact) mass is 349 g/mol. The molecule has 1 fully saturated rings. The molecule has 0 saturated heterocycles. The Hall–Kier alpha value is -2.83. The van der Waals surface area contributed by atoms with Crippen LogP contribution in [0.2, 0.25) is 0 Å². The van der Waals surface area contributed by atoms with Crippen LogP contribution in [0.4, 0.5) is 18.9 Å². The third-order valence-electron chi connectivity index (χ3n) is 4.32. The minimum atomic E-state index is -4.42. The van der Waals surface area contributed by atoms with E-state index >= 15 is 0 Å². The number of carbonyl (C=O) groups is 2. The molecule has 0 unspecified atom stereocenters. The van der Waals surface area contributed by atoms with Crippen molar-refractivity contribution in [2.45, 2.75) is 24.4 Å². The van der Waals surface area contributed by atoms with E-state index in [-0.39, 0.29) is 11.5 Å². The van der Waals surface area contributed by atoms with Crippen molar-refractivity contribution < 1.29 is 27.9 Å². The predicted octanol–water partition coefficient (Wildman–Crippen LogP) is 4.07. The van der Waals surface area contributed by atoms with Crippen LogP contribution in [0.1, 0.15) is 34.3 Å². The molecule has 0 heterocycles. The second-order valence-corrected chi connectivity index (χ2v) is 6.00. The summed E-state index contributed by atoms with van der Waals surface area (Å²) in [6.07, 6.45) is -3.36. The number of carboxylic acid groups (broad SMARTS) is 1. The molecule has 1 amide bonds. The molecule has 3 rings (SSSR count). The molecular formula is C18H14F3NO3. The first-order valence-corrected chi connectivity index (χ1v) is 7.55. The van der Waals surface area contributed by atoms with Gasteiger partial charge in [0.25, 0.3) is 0 Å². The average Bonchev–Trinajstić information content (AvgIpc) is 3.36. The summed E-state index contributed by atoms with van der Waals surface area (Å²) in [6.45, 7) is 0. The molecular weight excluding hydrogens is 335 g/mol. The molecule has 0 bridgehead atoms. The van der Waals surface area contributed by atoms with Gasteiger partial charge in [0.1, 0.15) is 0 Å². The highest BCUT2D eigenvalue weighted by atomic mass is 19.4. The number of carboxylic acids is 1. The lowest BCUT2D eigenvalue weighted by Gasteiger charge is -2.17. The summed E-state index contributed by atoms with van der Waals surface area (Å²) in [5.74, 6) is -1.46. The van der Waals surface area contributed by atoms with Crippen LogP contribution < -0.4 is 5.32 Å². The molecule has 0 atom stereocenters. The maximum atomic E-state index is 12.7. The number of aromatic carboxylic acids is 1. The molecule has 4 nitrogen and oxygen atoms in total. The Morgan fingerprint density at radius 3 is 2.20 bits per heavy atom. The Morgan fingerprint density at radius 1 is 1.04 bits per heavy atom. The number of alkyl halides is 3. The van der Waals surface area contributed by atoms with Crippen molar-refractivity contribution in [3.63, 3.8) is 0 Å². The van der Waals surface area contributed by atoms with Crippen LogP contribution in [0, 0.1) is 0 Å². The number of nitrogens with one attached hydrogen (secondary N) is 1. The topological polar surface area (TPSA) is 66.4 Å². The molecule has 2 aromatic carbocycles. The molecule has 0 aliphatic heterocycles. The van der Waals surface area contributed by atoms with Gasteiger partial charge in [-0.1, -0.05) is 18.2 Å². The second-order valence-electron chi connectivity index (χ2n) is 6.00. The summed E-state index contributed by atoms with van der Waals surface area (Å²) >= 11 is 0. The number of rotatable bonds is 4. The van der Waals surface area contributed by atoms with Crippen molar-refractivity contribution in [1.82, 2.24) is 0 Å². The minimum Gasteiger partial charge on any atom is -0.478 e. The zero-order valence-corrected chi connectivity index (χ0v) is 12.9. The van der Waals surface area contributed by atoms with E-state index in [0.717, 1.165) is 12.1 Å². The Morgan fingerprint density at radius 2 is 1.68 bits per heavy atom. The summed E-state index contributed by atoms with van der Waals surface area (Å²) in [5, 5.41) is 11.6. The molecule has 1 saturated carbocycles. The Balaban J connectivity index is 1.80. The average molecular weight is 349 g/mol. The fraction of sp³-hybridized carbons (Fsp3) is 0.222. The van der Waals surface area contributed by atoms with Gasteiger partial charge in [-0.3, -0.25) is 4.79 Å². The standard InChI is InChI=1S/C18H14F3NO3/c19-18(20,21)13-6-4-12(5-7-13)17(8-9-17)16(25)22-14-3-1-2-11(10-14)15(23)24/h1-7,10H,8-9H2,(H,22,25)(H,23,24). The van der Waals surface area contributed by atoms with Crippen LogP contribution >= 0.6 is 0 Å². The van der Waals surface area contributed by atoms with E-state index < -0.39 is 23.1 Å². The van der Waals surface area contributed by atoms with Gasteiger partial charge >= 0.3 is 12.1 Å². The summed E-state index contributed by atoms with van der Waals surface area (Å²) < 4.78 is 38.0. The Labute approximate surface area is 141 Å². The van der Waals surface area contributed by atoms with E-state index in [1.807, 2.05) is 0 Å². The Bertz CT molecular complexity index is 824. The maximum Gasteiger partial charge on any atom is 0.416 e. The molecule has 0 radical (unpaired) electrons. The van der Waals surface area contributed by atoms with Crippen LogP contribution in [0.3, 0.4) is 0 Å². The number of halogens is 3. The number of carbonyl (C=O) groups excluding carboxylic acids is 1. The summed E-state index contributed by atoms with van der Waals surface area (Å²) in [7, 11) is 0. The highest BCUT2D eigenvalue weighted by Gasteiger charge is 2.51. The Kier molecular flexibility index (Phi) is 4.02. The highest BCUT2D eigenvalue weighted by molar-refractivity contribution is 6.02. The lowest BCUT2D eigenvalue weighted by Crippen LogP contribution is -2.28. The fourth-order valence-electron chi connectivity index (χ4n) is 2.73. The summed E-state index contributed by atoms with van der Waals surface area (Å²) in [6, 6.07) is 10.4. The second kappa shape index (κ2) is 5.91. The lowest BCUT2D eigenvalue weighted by molar-refractivity contribution is -0.137. The minimum absolute atomic E-state index is 0.0391. The van der Waals surface area contributed by atoms with Crippen molar-refractivity contribution in [3.05, 3.63) is 65.2 Å². The summed E-state index contributed by atoms with van der Waals surface area (Å²) in [4.78, 5) is 23.6. The SMILES string of the molecule is O=C(O)c1cccc(NC(=O)C2(c3ccc(C(F)(F)F)cc3)CC2)c1. The van der Waals surface area contributed by atoms with Crippen molar-refractivity contribution in [2.75, 3.05) is 5.32 Å². The lowest BCUT2D eigenvalue weighted by atomic mass is 9.93. The molecule has 0 aromatic heterocycles. The third-order valence-corrected chi connectivity index (χ3v) is 4.32. The van der Waals surface area contributed by atoms with Crippen molar-refractivity contribution in [3.8, 4) is 0 Å². The first-order chi connectivity index (χ1) is 11.7. The molecule has 2 aromatic rings. The number of hydrogen-bond donors (Lipinski definition) is 2. The number of amides is 1. The maximum absolute atomic E-state index is 12.7. The van der Waals surface area contributed by atoms with Crippen molar-refractivity contribution >= 4 is 17.6 Å². The molecule has 1 aliphatic rings. The first-order valence-electron chi connectivity index (χ1n) is 7.55. The zero-order chi connectivity index (χ0) is 18.2. The fourth-order valence-corrected chi connectivity index (χ4v) is 2.73. The van der Waals surface area contributed by atoms with Gasteiger partial charge in [-0.15, -0.1) is 0 Å². The van der Waals surface area contributed by atoms with Gasteiger partial charge in [-0.2, -0.15) is 13.2 Å². The number of anilines is 1. The van der Waals surface area contributed by atoms with Crippen LogP contribution in [0.15, 0.2) is 48.5 Å². The van der Waals surface area contributed by atoms with Crippen molar-refractivity contribution in [1.29, 1.82) is 0 Å². The van der Waals surface area contributed by atoms with Gasteiger partial charge in [0.15, 0.2) is 0 Å². The van der Waals surface area contributed by atoms with E-state index in [2.05, 4.69) is 5.32 Å². The van der Waals surface area contributed by atoms with Gasteiger partial charge < -0.3 is 10.4 Å². The molecule has 1 aliphatic carbocycles. The first kappa shape index (κ1) is 17.0. The molecule has 2 N–H and O–H groups in total. The number of hydrogen-bond acceptors (Lipinski definition) is 2. The van der Waals surface area contributed by atoms with E-state index in [1.54, 1.807) is 6.07 Å². The van der Waals surface area contributed by atoms with E-state index in [4.69, 9.17) is 5.11 Å². The van der Waals surface area contributed by atoms with Crippen LogP contribution in [0.5, 0.6) is 0 Å². The van der Waals surface area contributed by atoms with Crippen LogP contribution in [-0.2, 0) is 16.4 Å². The van der Waals surface area contributed by atoms with Crippen LogP contribution in [-0.4, -0.2) is 17.0 Å². The summed E-state index contributed by atoms with van der Waals surface area (Å²) in [5.41, 5.74) is -0.724. The quantitative estimate of drug-likeness (QED) is 0.874. The van der Waals surface area contributed by atoms with E-state index in [0.29, 0.717) is 24.1 Å². The largest absolute Gasteiger partial charge is 0.478 e. The van der Waals surface area contributed by atoms with Gasteiger partial charge in [-0.05, 0) is 48.7 Å². The molecule has 25 heavy (non-hydrogen) atoms. The molecule has 7 heteroatoms. The van der Waals surface area contributed by atoms with Gasteiger partial charge in [0.05, 0.1) is 16.5 Å². The third kappa shape index (κ3) is 3.35. The zero-order valence-electron chi connectivity index (χ0n) is 12.9. The normalized spacial score (nSPS) is 15.5. The predicted molar refractivity (Wildman–Crippen MR) is 84.4 cm³/mol. The van der Waals surface area contributed by atoms with Crippen molar-refractivity contribution in [2.24, 2.45) is 0 Å². The smallest absolute Gasteiger partial charge is 0.416 e. The molecule has 130 valence electrons. The number of benzene rings is 2. The highest BCUT2D eigenvalue weighted by Crippen LogP contribution is 2.49. The van der Waals surface area contributed by atoms with Gasteiger partial charge in [0.2, 0.25) is 5.91 Å². The van der Waals surface area contributed by atoms with Crippen LogP contribution in [0.25, 0.3) is 0 Å². The van der Waals surface area contributed by atoms with Gasteiger partial charge in [0, 0.05) is 5.69 Å². The molecule has 0 spiro atoms. The van der Waals surface area contributed by atoms with E-state index in [9.17, 15) is 22.8 Å². The van der Waals surface area contributed by atoms with E-state index in [1.165, 1.54) is 30.3 Å². The van der Waals surface area contributed by atoms with Gasteiger partial charge in [-0.25, -0.2) is 4.79 Å².